The van der Waals surface area contributed by atoms with Crippen LogP contribution in [0.25, 0.3) is 0 Å². The Balaban J connectivity index is 1.73. The SMILES string of the molecule is CC/C(P)=C\C(=C/CF)CCC1CCC(C2CCCCC2)CC1. The minimum Gasteiger partial charge on any atom is -0.247 e. The summed E-state index contributed by atoms with van der Waals surface area (Å²) in [6.07, 6.45) is 20.4. The van der Waals surface area contributed by atoms with Gasteiger partial charge in [-0.3, -0.25) is 0 Å². The van der Waals surface area contributed by atoms with Gasteiger partial charge in [-0.25, -0.2) is 4.39 Å². The number of hydrogen-bond acceptors (Lipinski definition) is 0. The van der Waals surface area contributed by atoms with Crippen molar-refractivity contribution < 1.29 is 4.39 Å². The van der Waals surface area contributed by atoms with Gasteiger partial charge in [-0.2, -0.15) is 0 Å². The van der Waals surface area contributed by atoms with Gasteiger partial charge >= 0.3 is 0 Å². The van der Waals surface area contributed by atoms with Gasteiger partial charge in [-0.05, 0) is 55.4 Å². The van der Waals surface area contributed by atoms with Gasteiger partial charge in [-0.1, -0.05) is 69.3 Å². The molecular formula is C21H36FP. The highest BCUT2D eigenvalue weighted by Gasteiger charge is 2.28. The van der Waals surface area contributed by atoms with E-state index in [0.717, 1.165) is 30.6 Å². The standard InChI is InChI=1S/C21H36FP/c1-2-21(23)16-18(14-15-22)9-8-17-10-12-20(13-11-17)19-6-4-3-5-7-19/h14,16-17,19-20H,2-13,15,23H2,1H3/b18-14-,21-16+. The van der Waals surface area contributed by atoms with Gasteiger partial charge in [0.2, 0.25) is 0 Å². The maximum atomic E-state index is 12.7. The smallest absolute Gasteiger partial charge is 0.108 e. The molecule has 0 aromatic rings. The minimum atomic E-state index is -0.331. The molecule has 0 heterocycles. The second-order valence-electron chi connectivity index (χ2n) is 7.72. The average Bonchev–Trinajstić information content (AvgIpc) is 2.61. The monoisotopic (exact) mass is 338 g/mol. The molecule has 0 bridgehead atoms. The van der Waals surface area contributed by atoms with E-state index in [2.05, 4.69) is 22.2 Å². The molecule has 132 valence electrons. The molecule has 2 fully saturated rings. The highest BCUT2D eigenvalue weighted by molar-refractivity contribution is 7.22. The fourth-order valence-electron chi connectivity index (χ4n) is 4.60. The fraction of sp³-hybridized carbons (Fsp3) is 0.810. The van der Waals surface area contributed by atoms with Crippen molar-refractivity contribution in [3.8, 4) is 0 Å². The highest BCUT2D eigenvalue weighted by Crippen LogP contribution is 2.41. The first-order chi connectivity index (χ1) is 11.2. The summed E-state index contributed by atoms with van der Waals surface area (Å²) in [6.45, 7) is 1.82. The molecule has 23 heavy (non-hydrogen) atoms. The molecule has 2 aliphatic carbocycles. The van der Waals surface area contributed by atoms with Crippen LogP contribution in [0.3, 0.4) is 0 Å². The maximum Gasteiger partial charge on any atom is 0.108 e. The zero-order valence-corrected chi connectivity index (χ0v) is 16.2. The number of alkyl halides is 1. The van der Waals surface area contributed by atoms with Crippen LogP contribution in [-0.2, 0) is 0 Å². The fourth-order valence-corrected chi connectivity index (χ4v) is 4.81. The van der Waals surface area contributed by atoms with Gasteiger partial charge in [-0.15, -0.1) is 9.24 Å². The molecule has 0 aliphatic heterocycles. The minimum absolute atomic E-state index is 0.331. The molecule has 0 nitrogen and oxygen atoms in total. The Morgan fingerprint density at radius 2 is 1.65 bits per heavy atom. The van der Waals surface area contributed by atoms with E-state index < -0.39 is 0 Å². The van der Waals surface area contributed by atoms with E-state index in [9.17, 15) is 4.39 Å². The molecule has 0 spiro atoms. The van der Waals surface area contributed by atoms with E-state index in [1.54, 1.807) is 6.08 Å². The Kier molecular flexibility index (Phi) is 8.88. The Bertz CT molecular complexity index is 385. The molecule has 2 saturated carbocycles. The molecule has 2 aliphatic rings. The van der Waals surface area contributed by atoms with Gasteiger partial charge < -0.3 is 0 Å². The van der Waals surface area contributed by atoms with Crippen molar-refractivity contribution in [2.75, 3.05) is 6.67 Å². The summed E-state index contributed by atoms with van der Waals surface area (Å²) in [4.78, 5) is 0. The summed E-state index contributed by atoms with van der Waals surface area (Å²) < 4.78 is 12.7. The van der Waals surface area contributed by atoms with Crippen LogP contribution in [0.15, 0.2) is 23.0 Å². The van der Waals surface area contributed by atoms with Gasteiger partial charge in [0.05, 0.1) is 0 Å². The third kappa shape index (κ3) is 6.69. The molecule has 2 heteroatoms. The number of hydrogen-bond donors (Lipinski definition) is 0. The lowest BCUT2D eigenvalue weighted by molar-refractivity contribution is 0.164. The molecule has 0 N–H and O–H groups in total. The summed E-state index contributed by atoms with van der Waals surface area (Å²) in [5.74, 6) is 2.94. The molecular weight excluding hydrogens is 302 g/mol. The predicted octanol–water partition coefficient (Wildman–Crippen LogP) is 7.22. The largest absolute Gasteiger partial charge is 0.247 e. The Hall–Kier alpha value is -0.160. The zero-order valence-electron chi connectivity index (χ0n) is 15.0. The highest BCUT2D eigenvalue weighted by atomic mass is 31.0. The molecule has 0 aromatic carbocycles. The third-order valence-corrected chi connectivity index (χ3v) is 6.74. The molecule has 0 aromatic heterocycles. The van der Waals surface area contributed by atoms with Crippen LogP contribution in [0.5, 0.6) is 0 Å². The van der Waals surface area contributed by atoms with Crippen LogP contribution >= 0.6 is 9.24 Å². The van der Waals surface area contributed by atoms with Crippen LogP contribution in [0.1, 0.15) is 84.0 Å². The van der Waals surface area contributed by atoms with Gasteiger partial charge in [0.1, 0.15) is 6.67 Å². The van der Waals surface area contributed by atoms with Crippen molar-refractivity contribution in [3.05, 3.63) is 23.0 Å². The predicted molar refractivity (Wildman–Crippen MR) is 103 cm³/mol. The molecule has 0 amide bonds. The molecule has 0 radical (unpaired) electrons. The normalized spacial score (nSPS) is 28.1. The van der Waals surface area contributed by atoms with Crippen LogP contribution < -0.4 is 0 Å². The van der Waals surface area contributed by atoms with Crippen LogP contribution in [0.2, 0.25) is 0 Å². The molecule has 0 saturated heterocycles. The van der Waals surface area contributed by atoms with Gasteiger partial charge in [0.25, 0.3) is 0 Å². The van der Waals surface area contributed by atoms with Crippen LogP contribution in [0.4, 0.5) is 4.39 Å². The summed E-state index contributed by atoms with van der Waals surface area (Å²) >= 11 is 0. The summed E-state index contributed by atoms with van der Waals surface area (Å²) in [7, 11) is 2.78. The quantitative estimate of drug-likeness (QED) is 0.339. The van der Waals surface area contributed by atoms with Crippen molar-refractivity contribution in [2.45, 2.75) is 84.0 Å². The zero-order chi connectivity index (χ0) is 16.5. The Labute approximate surface area is 145 Å². The van der Waals surface area contributed by atoms with E-state index >= 15 is 0 Å². The van der Waals surface area contributed by atoms with Crippen molar-refractivity contribution in [1.29, 1.82) is 0 Å². The van der Waals surface area contributed by atoms with E-state index in [1.807, 2.05) is 0 Å². The van der Waals surface area contributed by atoms with E-state index in [4.69, 9.17) is 0 Å². The van der Waals surface area contributed by atoms with Crippen molar-refractivity contribution in [3.63, 3.8) is 0 Å². The van der Waals surface area contributed by atoms with Gasteiger partial charge in [0.15, 0.2) is 0 Å². The van der Waals surface area contributed by atoms with Gasteiger partial charge in [0, 0.05) is 0 Å². The number of rotatable bonds is 7. The van der Waals surface area contributed by atoms with E-state index in [1.165, 1.54) is 75.1 Å². The summed E-state index contributed by atoms with van der Waals surface area (Å²) in [5.41, 5.74) is 1.20. The van der Waals surface area contributed by atoms with Crippen molar-refractivity contribution in [2.24, 2.45) is 17.8 Å². The lowest BCUT2D eigenvalue weighted by Gasteiger charge is -2.36. The summed E-state index contributed by atoms with van der Waals surface area (Å²) in [6, 6.07) is 0. The van der Waals surface area contributed by atoms with E-state index in [-0.39, 0.29) is 6.67 Å². The van der Waals surface area contributed by atoms with Crippen LogP contribution in [-0.4, -0.2) is 6.67 Å². The van der Waals surface area contributed by atoms with E-state index in [0.29, 0.717) is 0 Å². The third-order valence-electron chi connectivity index (χ3n) is 6.17. The first-order valence-corrected chi connectivity index (χ1v) is 10.5. The first kappa shape index (κ1) is 19.2. The first-order valence-electron chi connectivity index (χ1n) is 9.94. The number of halogens is 1. The molecule has 1 unspecified atom stereocenters. The Morgan fingerprint density at radius 1 is 1.00 bits per heavy atom. The van der Waals surface area contributed by atoms with Crippen LogP contribution in [0, 0.1) is 17.8 Å². The second kappa shape index (κ2) is 10.7. The Morgan fingerprint density at radius 3 is 2.26 bits per heavy atom. The number of allylic oxidation sites excluding steroid dienone is 4. The van der Waals surface area contributed by atoms with Crippen molar-refractivity contribution >= 4 is 9.24 Å². The molecule has 1 atom stereocenters. The maximum absolute atomic E-state index is 12.7. The topological polar surface area (TPSA) is 0 Å². The summed E-state index contributed by atoms with van der Waals surface area (Å²) in [5, 5.41) is 1.28. The average molecular weight is 338 g/mol. The van der Waals surface area contributed by atoms with Crippen molar-refractivity contribution in [1.82, 2.24) is 0 Å². The second-order valence-corrected chi connectivity index (χ2v) is 8.47. The molecule has 2 rings (SSSR count). The lowest BCUT2D eigenvalue weighted by Crippen LogP contribution is -2.23. The lowest BCUT2D eigenvalue weighted by atomic mass is 9.70.